The Morgan fingerprint density at radius 2 is 0.718 bits per heavy atom. The van der Waals surface area contributed by atoms with Crippen LogP contribution in [0.1, 0.15) is 185 Å². The first-order chi connectivity index (χ1) is 68.5. The number of likely N-dealkylation sites (N-methyl/N-ethyl adjacent to an activating group) is 2. The second-order valence-corrected chi connectivity index (χ2v) is 35.0. The van der Waals surface area contributed by atoms with Crippen LogP contribution in [0.5, 0.6) is 23.0 Å². The van der Waals surface area contributed by atoms with E-state index in [4.69, 9.17) is 23.7 Å². The van der Waals surface area contributed by atoms with Gasteiger partial charge in [-0.1, -0.05) is 139 Å². The Morgan fingerprint density at radius 3 is 1.05 bits per heavy atom. The summed E-state index contributed by atoms with van der Waals surface area (Å²) in [6, 6.07) is 50.2. The quantitative estimate of drug-likeness (QED) is 0.0274. The van der Waals surface area contributed by atoms with Gasteiger partial charge in [-0.3, -0.25) is 62.0 Å². The highest BCUT2D eigenvalue weighted by Crippen LogP contribution is 2.46. The summed E-state index contributed by atoms with van der Waals surface area (Å²) < 4.78 is 118. The zero-order chi connectivity index (χ0) is 101. The van der Waals surface area contributed by atoms with Crippen LogP contribution in [0.3, 0.4) is 0 Å². The van der Waals surface area contributed by atoms with Crippen molar-refractivity contribution in [1.82, 2.24) is 74.3 Å². The highest BCUT2D eigenvalue weighted by molar-refractivity contribution is 5.98. The molecule has 9 heterocycles. The highest BCUT2D eigenvalue weighted by Gasteiger charge is 2.46. The molecular formula is C104H105F6N15O17. The minimum atomic E-state index is -0.759. The van der Waals surface area contributed by atoms with E-state index in [0.717, 1.165) is 73.0 Å². The summed E-state index contributed by atoms with van der Waals surface area (Å²) in [5.41, 5.74) is 4.31. The van der Waals surface area contributed by atoms with Crippen molar-refractivity contribution in [2.24, 2.45) is 5.92 Å². The number of hydrogen-bond acceptors (Lipinski definition) is 22. The Labute approximate surface area is 811 Å². The number of rotatable bonds is 27. The average Bonchev–Trinajstić information content (AvgIpc) is 0.890. The first kappa shape index (κ1) is 101. The van der Waals surface area contributed by atoms with Gasteiger partial charge < -0.3 is 64.1 Å². The number of nitrogens with one attached hydrogen (secondary N) is 2. The van der Waals surface area contributed by atoms with Gasteiger partial charge >= 0.3 is 12.2 Å². The third kappa shape index (κ3) is 23.1. The van der Waals surface area contributed by atoms with Crippen LogP contribution in [-0.2, 0) is 14.2 Å². The number of benzene rings is 8. The number of alkyl carbamates (subject to hydrolysis) is 2. The van der Waals surface area contributed by atoms with E-state index >= 15 is 0 Å². The van der Waals surface area contributed by atoms with Gasteiger partial charge in [0.1, 0.15) is 34.9 Å². The Morgan fingerprint density at radius 1 is 0.408 bits per heavy atom. The van der Waals surface area contributed by atoms with E-state index in [-0.39, 0.29) is 72.1 Å². The second kappa shape index (κ2) is 45.6. The SMILES string of the molecule is CCCN1CC(C(c2cccc(F)c2)c2cccc(F)c2)n2ncc(=O)c(O)c2C1=O.CCN1CC(C(c2cccc(C)c2)c2cccc(F)c2)n2ncc(=O)c(OCOC(=O)NC)c2C1=O.CCN1CC(C(c2cccc(C)c2)c2cccc(F)c2)n2ncc(=O)c(OCOC(=O)NCCN3CCOCC3)c2C1=O.O=C1c2c(O)c(=O)cnn2C(C(c2cccc(F)c2)c2cccc(F)c2)CN1CC1CC1. The molecule has 8 aromatic carbocycles. The first-order valence-electron chi connectivity index (χ1n) is 46.5. The Balaban J connectivity index is 0.000000144. The van der Waals surface area contributed by atoms with Crippen LogP contribution < -0.4 is 41.8 Å². The molecule has 6 amide bonds. The van der Waals surface area contributed by atoms with Gasteiger partial charge in [-0.2, -0.15) is 20.4 Å². The van der Waals surface area contributed by atoms with Gasteiger partial charge in [-0.25, -0.2) is 35.9 Å². The van der Waals surface area contributed by atoms with E-state index in [9.17, 15) is 84.5 Å². The molecule has 5 aliphatic heterocycles. The van der Waals surface area contributed by atoms with Gasteiger partial charge in [0.25, 0.3) is 23.6 Å². The molecule has 0 radical (unpaired) electrons. The van der Waals surface area contributed by atoms with Crippen LogP contribution in [0, 0.1) is 54.7 Å². The molecule has 6 atom stereocenters. The Bertz CT molecular complexity index is 6740. The van der Waals surface area contributed by atoms with E-state index in [1.165, 1.54) is 103 Å². The number of carbonyl (C=O) groups is 6. The van der Waals surface area contributed by atoms with E-state index < -0.39 is 154 Å². The lowest BCUT2D eigenvalue weighted by Gasteiger charge is -2.39. The number of hydrogen-bond donors (Lipinski definition) is 4. The van der Waals surface area contributed by atoms with Crippen LogP contribution in [0.25, 0.3) is 0 Å². The monoisotopic (exact) mass is 1950 g/mol. The molecule has 142 heavy (non-hydrogen) atoms. The molecule has 4 N–H and O–H groups in total. The maximum atomic E-state index is 14.5. The van der Waals surface area contributed by atoms with Crippen molar-refractivity contribution < 1.29 is 89.0 Å². The van der Waals surface area contributed by atoms with Crippen LogP contribution in [0.2, 0.25) is 0 Å². The summed E-state index contributed by atoms with van der Waals surface area (Å²) in [4.78, 5) is 135. The van der Waals surface area contributed by atoms with Crippen LogP contribution in [0.15, 0.2) is 238 Å². The van der Waals surface area contributed by atoms with E-state index in [1.807, 2.05) is 95.3 Å². The number of aromatic nitrogens is 8. The summed E-state index contributed by atoms with van der Waals surface area (Å²) >= 11 is 0. The molecule has 4 aromatic heterocycles. The molecule has 32 nitrogen and oxygen atoms in total. The Kier molecular flexibility index (Phi) is 32.3. The van der Waals surface area contributed by atoms with Gasteiger partial charge in [-0.15, -0.1) is 0 Å². The van der Waals surface area contributed by atoms with E-state index in [0.29, 0.717) is 98.2 Å². The normalized spacial score (nSPS) is 16.9. The maximum Gasteiger partial charge on any atom is 0.410 e. The minimum Gasteiger partial charge on any atom is -0.502 e. The smallest absolute Gasteiger partial charge is 0.410 e. The highest BCUT2D eigenvalue weighted by atomic mass is 19.1. The van der Waals surface area contributed by atoms with Gasteiger partial charge in [-0.05, 0) is 170 Å². The van der Waals surface area contributed by atoms with Crippen LogP contribution in [0.4, 0.5) is 35.9 Å². The number of nitrogens with zero attached hydrogens (tertiary/aromatic N) is 13. The molecule has 38 heteroatoms. The maximum absolute atomic E-state index is 14.5. The lowest BCUT2D eigenvalue weighted by molar-refractivity contribution is 0.0362. The van der Waals surface area contributed by atoms with Gasteiger partial charge in [0.05, 0.1) is 62.2 Å². The summed E-state index contributed by atoms with van der Waals surface area (Å²) in [7, 11) is 1.39. The number of carbonyl (C=O) groups excluding carboxylic acids is 6. The standard InChI is InChI=1S/C31H36FN5O6.C26H27FN4O5.C24H21F2N3O3.C23H21F2N3O3/c1-3-36-19-25(27(22-7-4-6-21(2)16-22)23-8-5-9-24(32)17-23)37-28(30(36)39)29(26(38)18-34-37)42-20-43-31(40)33-10-11-35-12-14-41-15-13-35;1-4-30-14-20(22(17-8-5-7-16(2)11-17)18-9-6-10-19(27)12-18)31-23(25(30)33)24(21(32)13-29-31)35-15-36-26(34)28-3;25-17-5-1-3-15(9-17)21(16-4-2-6-18(26)10-16)19-13-28(12-14-7-8-14)24(32)22-23(31)20(30)11-27-29(19)22;1-2-9-27-13-18(28-21(23(27)31)22(30)19(29)12-26-28)20(14-5-3-7-16(24)10-14)15-6-4-8-17(25)11-15/h4-9,16-18,25,27H,3,10-15,19-20H2,1-2H3,(H,33,40);5-13,20,22H,4,14-15H2,1-3H3,(H,28,34);1-6,9-11,14,19,21,31H,7-8,12-13H2;3-8,10-12,18,20,30H,2,9,13H2,1H3. The fourth-order valence-electron chi connectivity index (χ4n) is 18.8. The molecule has 18 rings (SSSR count). The van der Waals surface area contributed by atoms with Gasteiger partial charge in [0.2, 0.25) is 46.8 Å². The number of halogens is 6. The minimum absolute atomic E-state index is 0.0454. The predicted molar refractivity (Wildman–Crippen MR) is 508 cm³/mol. The molecule has 12 aromatic rings. The zero-order valence-corrected chi connectivity index (χ0v) is 78.5. The van der Waals surface area contributed by atoms with Crippen molar-refractivity contribution in [1.29, 1.82) is 0 Å². The van der Waals surface area contributed by atoms with E-state index in [2.05, 4.69) is 35.9 Å². The number of fused-ring (bicyclic) bond motifs is 4. The fourth-order valence-corrected chi connectivity index (χ4v) is 18.8. The van der Waals surface area contributed by atoms with E-state index in [1.54, 1.807) is 75.4 Å². The largest absolute Gasteiger partial charge is 0.502 e. The lowest BCUT2D eigenvalue weighted by Crippen LogP contribution is -2.47. The third-order valence-electron chi connectivity index (χ3n) is 25.6. The van der Waals surface area contributed by atoms with Crippen molar-refractivity contribution in [2.45, 2.75) is 102 Å². The number of morpholine rings is 1. The third-order valence-corrected chi connectivity index (χ3v) is 25.6. The molecule has 1 saturated carbocycles. The van der Waals surface area contributed by atoms with Crippen molar-refractivity contribution in [3.05, 3.63) is 373 Å². The topological polar surface area (TPSA) is 369 Å². The fraction of sp³-hybridized carbons (Fsp3) is 0.327. The van der Waals surface area contributed by atoms with Crippen molar-refractivity contribution in [3.63, 3.8) is 0 Å². The van der Waals surface area contributed by atoms with Gasteiger partial charge in [0.15, 0.2) is 34.3 Å². The number of aromatic hydroxyl groups is 2. The summed E-state index contributed by atoms with van der Waals surface area (Å²) in [5.74, 6) is -7.85. The molecule has 2 fully saturated rings. The zero-order valence-electron chi connectivity index (χ0n) is 78.5. The van der Waals surface area contributed by atoms with Crippen molar-refractivity contribution in [2.75, 3.05) is 112 Å². The molecular weight excluding hydrogens is 1850 g/mol. The molecule has 0 spiro atoms. The molecule has 740 valence electrons. The molecule has 0 bridgehead atoms. The number of ether oxygens (including phenoxy) is 5. The summed E-state index contributed by atoms with van der Waals surface area (Å²) in [6.45, 7) is 14.9. The number of aryl methyl sites for hydroxylation is 2. The van der Waals surface area contributed by atoms with Crippen LogP contribution >= 0.6 is 0 Å². The molecule has 1 saturated heterocycles. The predicted octanol–water partition coefficient (Wildman–Crippen LogP) is 13.1. The van der Waals surface area contributed by atoms with Gasteiger partial charge in [0, 0.05) is 109 Å². The average molecular weight is 1950 g/mol. The summed E-state index contributed by atoms with van der Waals surface area (Å²) in [6.07, 6.45) is 5.29. The van der Waals surface area contributed by atoms with Crippen molar-refractivity contribution in [3.8, 4) is 23.0 Å². The van der Waals surface area contributed by atoms with Crippen LogP contribution in [-0.4, -0.2) is 222 Å². The Hall–Kier alpha value is -15.6. The second-order valence-electron chi connectivity index (χ2n) is 35.0. The lowest BCUT2D eigenvalue weighted by atomic mass is 9.83. The molecule has 6 aliphatic rings. The first-order valence-corrected chi connectivity index (χ1v) is 46.5. The molecule has 1 aliphatic carbocycles. The number of amides is 6. The van der Waals surface area contributed by atoms with Crippen molar-refractivity contribution >= 4 is 35.8 Å². The molecule has 6 unspecified atom stereocenters. The summed E-state index contributed by atoms with van der Waals surface area (Å²) in [5, 5.41) is 42.8.